The third-order valence-corrected chi connectivity index (χ3v) is 5.14. The van der Waals surface area contributed by atoms with Gasteiger partial charge in [0.2, 0.25) is 5.91 Å². The van der Waals surface area contributed by atoms with E-state index in [-0.39, 0.29) is 18.7 Å². The molecule has 8 heteroatoms. The first kappa shape index (κ1) is 23.6. The van der Waals surface area contributed by atoms with Crippen LogP contribution < -0.4 is 10.6 Å². The van der Waals surface area contributed by atoms with Crippen molar-refractivity contribution in [1.29, 1.82) is 0 Å². The van der Waals surface area contributed by atoms with Crippen LogP contribution in [0.4, 0.5) is 5.69 Å². The van der Waals surface area contributed by atoms with Gasteiger partial charge in [-0.05, 0) is 29.7 Å². The second kappa shape index (κ2) is 11.5. The van der Waals surface area contributed by atoms with E-state index in [2.05, 4.69) is 10.6 Å². The summed E-state index contributed by atoms with van der Waals surface area (Å²) in [5.41, 5.74) is 1.95. The van der Waals surface area contributed by atoms with Crippen LogP contribution in [0.25, 0.3) is 0 Å². The molecule has 3 rings (SSSR count). The highest BCUT2D eigenvalue weighted by molar-refractivity contribution is 5.97. The van der Waals surface area contributed by atoms with Gasteiger partial charge in [0.1, 0.15) is 6.04 Å². The number of nitro benzene ring substituents is 1. The standard InChI is InChI=1S/C25H25N3O5/c29-17-21(15-18-7-3-1-4-8-18)26-25(31)23(27-24(30)20-9-5-2-6-10-20)16-19-11-13-22(14-12-19)28(32)33/h1-14,21,23,29H,15-17H2,(H,26,31)(H,27,30)/t21-,23-/m0/s1. The predicted octanol–water partition coefficient (Wildman–Crippen LogP) is 2.66. The molecule has 0 aromatic heterocycles. The summed E-state index contributed by atoms with van der Waals surface area (Å²) in [6.45, 7) is -0.266. The van der Waals surface area contributed by atoms with Crippen LogP contribution >= 0.6 is 0 Å². The summed E-state index contributed by atoms with van der Waals surface area (Å²) >= 11 is 0. The second-order valence-electron chi connectivity index (χ2n) is 7.60. The van der Waals surface area contributed by atoms with E-state index in [4.69, 9.17) is 0 Å². The van der Waals surface area contributed by atoms with Gasteiger partial charge < -0.3 is 15.7 Å². The lowest BCUT2D eigenvalue weighted by atomic mass is 10.0. The van der Waals surface area contributed by atoms with Crippen LogP contribution in [0.15, 0.2) is 84.9 Å². The molecule has 0 bridgehead atoms. The molecule has 0 saturated carbocycles. The quantitative estimate of drug-likeness (QED) is 0.326. The Hall–Kier alpha value is -4.04. The first-order valence-corrected chi connectivity index (χ1v) is 10.5. The Morgan fingerprint density at radius 2 is 1.39 bits per heavy atom. The van der Waals surface area contributed by atoms with Gasteiger partial charge in [-0.1, -0.05) is 60.7 Å². The largest absolute Gasteiger partial charge is 0.394 e. The Balaban J connectivity index is 1.76. The number of amides is 2. The van der Waals surface area contributed by atoms with Crippen LogP contribution in [0.5, 0.6) is 0 Å². The lowest BCUT2D eigenvalue weighted by Gasteiger charge is -2.23. The SMILES string of the molecule is O=C(N[C@@H](Cc1ccc([N+](=O)[O-])cc1)C(=O)N[C@H](CO)Cc1ccccc1)c1ccccc1. The van der Waals surface area contributed by atoms with Gasteiger partial charge in [0.15, 0.2) is 0 Å². The third-order valence-electron chi connectivity index (χ3n) is 5.14. The van der Waals surface area contributed by atoms with Gasteiger partial charge in [-0.15, -0.1) is 0 Å². The van der Waals surface area contributed by atoms with Gasteiger partial charge >= 0.3 is 0 Å². The maximum absolute atomic E-state index is 13.1. The highest BCUT2D eigenvalue weighted by atomic mass is 16.6. The molecule has 0 saturated heterocycles. The molecule has 3 aromatic carbocycles. The van der Waals surface area contributed by atoms with Crippen LogP contribution in [0.2, 0.25) is 0 Å². The predicted molar refractivity (Wildman–Crippen MR) is 124 cm³/mol. The second-order valence-corrected chi connectivity index (χ2v) is 7.60. The average Bonchev–Trinajstić information content (AvgIpc) is 2.84. The van der Waals surface area contributed by atoms with Gasteiger partial charge in [0.25, 0.3) is 11.6 Å². The fourth-order valence-electron chi connectivity index (χ4n) is 3.39. The first-order chi connectivity index (χ1) is 16.0. The van der Waals surface area contributed by atoms with Crippen LogP contribution in [0, 0.1) is 10.1 Å². The molecule has 33 heavy (non-hydrogen) atoms. The van der Waals surface area contributed by atoms with E-state index in [0.29, 0.717) is 17.5 Å². The number of nitro groups is 1. The fraction of sp³-hybridized carbons (Fsp3) is 0.200. The third kappa shape index (κ3) is 6.98. The number of carbonyl (C=O) groups is 2. The summed E-state index contributed by atoms with van der Waals surface area (Å²) in [6.07, 6.45) is 0.561. The van der Waals surface area contributed by atoms with Crippen molar-refractivity contribution in [3.8, 4) is 0 Å². The highest BCUT2D eigenvalue weighted by Crippen LogP contribution is 2.14. The van der Waals surface area contributed by atoms with Crippen molar-refractivity contribution >= 4 is 17.5 Å². The minimum Gasteiger partial charge on any atom is -0.394 e. The lowest BCUT2D eigenvalue weighted by molar-refractivity contribution is -0.384. The zero-order valence-electron chi connectivity index (χ0n) is 17.9. The molecule has 3 aromatic rings. The molecule has 0 spiro atoms. The average molecular weight is 447 g/mol. The van der Waals surface area contributed by atoms with Crippen molar-refractivity contribution in [3.05, 3.63) is 112 Å². The number of rotatable bonds is 10. The molecular formula is C25H25N3O5. The number of nitrogens with one attached hydrogen (secondary N) is 2. The number of hydrogen-bond donors (Lipinski definition) is 3. The molecule has 3 N–H and O–H groups in total. The Morgan fingerprint density at radius 1 is 0.818 bits per heavy atom. The number of carbonyl (C=O) groups excluding carboxylic acids is 2. The Morgan fingerprint density at radius 3 is 1.97 bits per heavy atom. The van der Waals surface area contributed by atoms with Gasteiger partial charge in [-0.2, -0.15) is 0 Å². The summed E-state index contributed by atoms with van der Waals surface area (Å²) in [6, 6.07) is 22.3. The van der Waals surface area contributed by atoms with Crippen LogP contribution in [0.3, 0.4) is 0 Å². The zero-order valence-corrected chi connectivity index (χ0v) is 17.9. The fourth-order valence-corrected chi connectivity index (χ4v) is 3.39. The molecular weight excluding hydrogens is 422 g/mol. The maximum Gasteiger partial charge on any atom is 0.269 e. The summed E-state index contributed by atoms with van der Waals surface area (Å²) in [7, 11) is 0. The van der Waals surface area contributed by atoms with Crippen molar-refractivity contribution in [1.82, 2.24) is 10.6 Å². The number of hydrogen-bond acceptors (Lipinski definition) is 5. The molecule has 0 unspecified atom stereocenters. The normalized spacial score (nSPS) is 12.4. The first-order valence-electron chi connectivity index (χ1n) is 10.5. The van der Waals surface area contributed by atoms with Crippen molar-refractivity contribution in [3.63, 3.8) is 0 Å². The van der Waals surface area contributed by atoms with Crippen molar-refractivity contribution in [2.24, 2.45) is 0 Å². The van der Waals surface area contributed by atoms with Gasteiger partial charge in [-0.3, -0.25) is 19.7 Å². The summed E-state index contributed by atoms with van der Waals surface area (Å²) in [4.78, 5) is 36.2. The van der Waals surface area contributed by atoms with Crippen LogP contribution in [-0.4, -0.2) is 40.5 Å². The minimum absolute atomic E-state index is 0.0590. The van der Waals surface area contributed by atoms with Gasteiger partial charge in [-0.25, -0.2) is 0 Å². The van der Waals surface area contributed by atoms with E-state index < -0.39 is 28.8 Å². The van der Waals surface area contributed by atoms with Crippen LogP contribution in [0.1, 0.15) is 21.5 Å². The van der Waals surface area contributed by atoms with Crippen LogP contribution in [-0.2, 0) is 17.6 Å². The minimum atomic E-state index is -0.941. The van der Waals surface area contributed by atoms with Gasteiger partial charge in [0.05, 0.1) is 17.6 Å². The van der Waals surface area contributed by atoms with E-state index >= 15 is 0 Å². The Labute approximate surface area is 191 Å². The molecule has 0 fully saturated rings. The van der Waals surface area contributed by atoms with Gasteiger partial charge in [0, 0.05) is 24.1 Å². The number of nitrogens with zero attached hydrogens (tertiary/aromatic N) is 1. The van der Waals surface area contributed by atoms with E-state index in [0.717, 1.165) is 5.56 Å². The summed E-state index contributed by atoms with van der Waals surface area (Å²) in [5, 5.41) is 26.3. The molecule has 0 aliphatic heterocycles. The summed E-state index contributed by atoms with van der Waals surface area (Å²) in [5.74, 6) is -0.867. The maximum atomic E-state index is 13.1. The number of aliphatic hydroxyl groups is 1. The van der Waals surface area contributed by atoms with E-state index in [1.54, 1.807) is 42.5 Å². The molecule has 170 valence electrons. The highest BCUT2D eigenvalue weighted by Gasteiger charge is 2.24. The number of benzene rings is 3. The van der Waals surface area contributed by atoms with E-state index in [9.17, 15) is 24.8 Å². The number of aliphatic hydroxyl groups excluding tert-OH is 1. The molecule has 8 nitrogen and oxygen atoms in total. The molecule has 0 aliphatic carbocycles. The molecule has 0 heterocycles. The Bertz CT molecular complexity index is 1070. The van der Waals surface area contributed by atoms with Crippen molar-refractivity contribution in [2.75, 3.05) is 6.61 Å². The van der Waals surface area contributed by atoms with Crippen molar-refractivity contribution < 1.29 is 19.6 Å². The molecule has 0 aliphatic rings. The molecule has 0 radical (unpaired) electrons. The monoisotopic (exact) mass is 447 g/mol. The molecule has 2 amide bonds. The molecule has 2 atom stereocenters. The van der Waals surface area contributed by atoms with E-state index in [1.807, 2.05) is 30.3 Å². The number of non-ortho nitro benzene ring substituents is 1. The smallest absolute Gasteiger partial charge is 0.269 e. The Kier molecular flexibility index (Phi) is 8.26. The van der Waals surface area contributed by atoms with E-state index in [1.165, 1.54) is 12.1 Å². The summed E-state index contributed by atoms with van der Waals surface area (Å²) < 4.78 is 0. The van der Waals surface area contributed by atoms with Crippen molar-refractivity contribution in [2.45, 2.75) is 24.9 Å². The zero-order chi connectivity index (χ0) is 23.6. The topological polar surface area (TPSA) is 122 Å². The lowest BCUT2D eigenvalue weighted by Crippen LogP contribution is -2.52.